The van der Waals surface area contributed by atoms with Crippen LogP contribution in [0.15, 0.2) is 24.7 Å². The molecule has 1 aliphatic heterocycles. The molecule has 11 heteroatoms. The monoisotopic (exact) mass is 467 g/mol. The van der Waals surface area contributed by atoms with Gasteiger partial charge in [-0.1, -0.05) is 34.8 Å². The number of anilines is 2. The van der Waals surface area contributed by atoms with Gasteiger partial charge in [-0.3, -0.25) is 14.4 Å². The van der Waals surface area contributed by atoms with Crippen LogP contribution in [0, 0.1) is 0 Å². The minimum Gasteiger partial charge on any atom is -0.353 e. The van der Waals surface area contributed by atoms with Crippen LogP contribution in [-0.2, 0) is 11.8 Å². The predicted molar refractivity (Wildman–Crippen MR) is 120 cm³/mol. The van der Waals surface area contributed by atoms with Crippen LogP contribution in [0.25, 0.3) is 11.0 Å². The van der Waals surface area contributed by atoms with Gasteiger partial charge in [-0.2, -0.15) is 5.10 Å². The average molecular weight is 469 g/mol. The largest absolute Gasteiger partial charge is 0.353 e. The van der Waals surface area contributed by atoms with Crippen molar-refractivity contribution in [3.63, 3.8) is 0 Å². The number of nitrogens with one attached hydrogen (secondary N) is 1. The first-order valence-electron chi connectivity index (χ1n) is 9.42. The molecule has 0 bridgehead atoms. The number of hydrogen-bond donors (Lipinski definition) is 1. The first kappa shape index (κ1) is 21.1. The summed E-state index contributed by atoms with van der Waals surface area (Å²) in [6.07, 6.45) is 3.34. The fourth-order valence-corrected chi connectivity index (χ4v) is 4.14. The number of carbonyl (C=O) groups is 1. The van der Waals surface area contributed by atoms with E-state index in [2.05, 4.69) is 30.2 Å². The molecule has 1 fully saturated rings. The van der Waals surface area contributed by atoms with Crippen molar-refractivity contribution in [2.24, 2.45) is 7.05 Å². The molecule has 8 nitrogen and oxygen atoms in total. The van der Waals surface area contributed by atoms with Gasteiger partial charge in [0.15, 0.2) is 5.65 Å². The molecule has 1 aromatic carbocycles. The Labute approximate surface area is 188 Å². The lowest BCUT2D eigenvalue weighted by atomic mass is 10.2. The normalized spacial score (nSPS) is 16.1. The van der Waals surface area contributed by atoms with Gasteiger partial charge in [-0.25, -0.2) is 9.97 Å². The second kappa shape index (κ2) is 8.55. The van der Waals surface area contributed by atoms with Gasteiger partial charge in [0.25, 0.3) is 0 Å². The van der Waals surface area contributed by atoms with Crippen LogP contribution in [0.4, 0.5) is 11.5 Å². The summed E-state index contributed by atoms with van der Waals surface area (Å²) in [7, 11) is 1.86. The van der Waals surface area contributed by atoms with Crippen molar-refractivity contribution >= 4 is 63.2 Å². The fraction of sp³-hybridized carbons (Fsp3) is 0.368. The van der Waals surface area contributed by atoms with E-state index in [0.29, 0.717) is 20.8 Å². The van der Waals surface area contributed by atoms with Crippen LogP contribution < -0.4 is 10.2 Å². The van der Waals surface area contributed by atoms with E-state index in [1.54, 1.807) is 23.3 Å². The Balaban J connectivity index is 1.41. The second-order valence-corrected chi connectivity index (χ2v) is 8.36. The van der Waals surface area contributed by atoms with Crippen molar-refractivity contribution in [1.82, 2.24) is 24.6 Å². The summed E-state index contributed by atoms with van der Waals surface area (Å²) < 4.78 is 1.73. The maximum absolute atomic E-state index is 12.8. The summed E-state index contributed by atoms with van der Waals surface area (Å²) in [5, 5.41) is 9.07. The molecule has 1 amide bonds. The standard InChI is InChI=1S/C19H20Cl3N7O/c1-11(19(30)26-16-8-14(21)13(20)7-15(16)22)28-3-5-29(6-4-28)18-12-9-25-27(2)17(12)23-10-24-18/h7-11H,3-6H2,1-2H3,(H,26,30). The second-order valence-electron chi connectivity index (χ2n) is 7.14. The highest BCUT2D eigenvalue weighted by atomic mass is 35.5. The van der Waals surface area contributed by atoms with E-state index in [0.717, 1.165) is 43.0 Å². The van der Waals surface area contributed by atoms with Gasteiger partial charge in [0.1, 0.15) is 12.1 Å². The van der Waals surface area contributed by atoms with E-state index in [4.69, 9.17) is 34.8 Å². The van der Waals surface area contributed by atoms with Crippen molar-refractivity contribution in [3.8, 4) is 0 Å². The number of aromatic nitrogens is 4. The fourth-order valence-electron chi connectivity index (χ4n) is 3.54. The molecular weight excluding hydrogens is 449 g/mol. The van der Waals surface area contributed by atoms with E-state index >= 15 is 0 Å². The lowest BCUT2D eigenvalue weighted by Gasteiger charge is -2.38. The number of halogens is 3. The lowest BCUT2D eigenvalue weighted by Crippen LogP contribution is -2.53. The van der Waals surface area contributed by atoms with Gasteiger partial charge >= 0.3 is 0 Å². The summed E-state index contributed by atoms with van der Waals surface area (Å²) in [6, 6.07) is 2.75. The molecule has 4 rings (SSSR count). The van der Waals surface area contributed by atoms with Crippen LogP contribution in [0.5, 0.6) is 0 Å². The quantitative estimate of drug-likeness (QED) is 0.591. The number of carbonyl (C=O) groups excluding carboxylic acids is 1. The SMILES string of the molecule is CC(C(=O)Nc1cc(Cl)c(Cl)cc1Cl)N1CCN(c2ncnc3c2cnn3C)CC1. The van der Waals surface area contributed by atoms with E-state index < -0.39 is 0 Å². The van der Waals surface area contributed by atoms with Crippen molar-refractivity contribution < 1.29 is 4.79 Å². The third-order valence-electron chi connectivity index (χ3n) is 5.32. The van der Waals surface area contributed by atoms with Crippen LogP contribution in [-0.4, -0.2) is 62.8 Å². The molecule has 30 heavy (non-hydrogen) atoms. The number of amides is 1. The van der Waals surface area contributed by atoms with Crippen molar-refractivity contribution in [3.05, 3.63) is 39.7 Å². The highest BCUT2D eigenvalue weighted by Gasteiger charge is 2.27. The van der Waals surface area contributed by atoms with Gasteiger partial charge in [0, 0.05) is 33.2 Å². The zero-order valence-electron chi connectivity index (χ0n) is 16.4. The molecule has 1 N–H and O–H groups in total. The van der Waals surface area contributed by atoms with E-state index in [-0.39, 0.29) is 11.9 Å². The number of rotatable bonds is 4. The first-order chi connectivity index (χ1) is 14.3. The van der Waals surface area contributed by atoms with Gasteiger partial charge in [0.2, 0.25) is 5.91 Å². The molecule has 1 aliphatic rings. The molecule has 1 unspecified atom stereocenters. The molecule has 1 saturated heterocycles. The maximum Gasteiger partial charge on any atom is 0.241 e. The Morgan fingerprint density at radius 1 is 1.07 bits per heavy atom. The number of piperazine rings is 1. The predicted octanol–water partition coefficient (Wildman–Crippen LogP) is 3.47. The summed E-state index contributed by atoms with van der Waals surface area (Å²) in [5.41, 5.74) is 1.25. The number of nitrogens with zero attached hydrogens (tertiary/aromatic N) is 6. The molecule has 0 saturated carbocycles. The van der Waals surface area contributed by atoms with Crippen LogP contribution >= 0.6 is 34.8 Å². The molecule has 3 aromatic rings. The third kappa shape index (κ3) is 4.05. The Morgan fingerprint density at radius 2 is 1.77 bits per heavy atom. The Bertz CT molecular complexity index is 1100. The topological polar surface area (TPSA) is 79.2 Å². The molecule has 3 heterocycles. The number of hydrogen-bond acceptors (Lipinski definition) is 6. The highest BCUT2D eigenvalue weighted by molar-refractivity contribution is 6.44. The number of aryl methyl sites for hydroxylation is 1. The molecular formula is C19H20Cl3N7O. The average Bonchev–Trinajstić information content (AvgIpc) is 3.12. The van der Waals surface area contributed by atoms with Crippen molar-refractivity contribution in [2.45, 2.75) is 13.0 Å². The number of benzene rings is 1. The van der Waals surface area contributed by atoms with Gasteiger partial charge in [-0.15, -0.1) is 0 Å². The lowest BCUT2D eigenvalue weighted by molar-refractivity contribution is -0.120. The van der Waals surface area contributed by atoms with Crippen molar-refractivity contribution in [1.29, 1.82) is 0 Å². The smallest absolute Gasteiger partial charge is 0.241 e. The molecule has 0 spiro atoms. The maximum atomic E-state index is 12.8. The molecule has 0 aliphatic carbocycles. The van der Waals surface area contributed by atoms with E-state index in [1.165, 1.54) is 6.07 Å². The highest BCUT2D eigenvalue weighted by Crippen LogP contribution is 2.32. The van der Waals surface area contributed by atoms with Crippen molar-refractivity contribution in [2.75, 3.05) is 36.4 Å². The molecule has 1 atom stereocenters. The summed E-state index contributed by atoms with van der Waals surface area (Å²) in [6.45, 7) is 4.80. The van der Waals surface area contributed by atoms with E-state index in [1.807, 2.05) is 14.0 Å². The van der Waals surface area contributed by atoms with Gasteiger partial charge in [0.05, 0.1) is 38.4 Å². The Kier molecular flexibility index (Phi) is 6.02. The van der Waals surface area contributed by atoms with Gasteiger partial charge < -0.3 is 10.2 Å². The zero-order chi connectivity index (χ0) is 21.4. The molecule has 0 radical (unpaired) electrons. The first-order valence-corrected chi connectivity index (χ1v) is 10.6. The summed E-state index contributed by atoms with van der Waals surface area (Å²) >= 11 is 18.2. The molecule has 158 valence electrons. The summed E-state index contributed by atoms with van der Waals surface area (Å²) in [4.78, 5) is 25.8. The van der Waals surface area contributed by atoms with Crippen LogP contribution in [0.1, 0.15) is 6.92 Å². The third-order valence-corrected chi connectivity index (χ3v) is 6.35. The summed E-state index contributed by atoms with van der Waals surface area (Å²) in [5.74, 6) is 0.716. The minimum atomic E-state index is -0.332. The minimum absolute atomic E-state index is 0.152. The molecule has 2 aromatic heterocycles. The Hall–Kier alpha value is -2.13. The van der Waals surface area contributed by atoms with Crippen LogP contribution in [0.2, 0.25) is 15.1 Å². The van der Waals surface area contributed by atoms with Gasteiger partial charge in [-0.05, 0) is 19.1 Å². The van der Waals surface area contributed by atoms with E-state index in [9.17, 15) is 4.79 Å². The zero-order valence-corrected chi connectivity index (χ0v) is 18.7. The number of fused-ring (bicyclic) bond motifs is 1. The Morgan fingerprint density at radius 3 is 2.50 bits per heavy atom. The van der Waals surface area contributed by atoms with Crippen LogP contribution in [0.3, 0.4) is 0 Å².